The molecule has 1 aromatic heterocycles. The third-order valence-corrected chi connectivity index (χ3v) is 5.26. The first kappa shape index (κ1) is 21.7. The molecule has 2 rings (SSSR count). The lowest BCUT2D eigenvalue weighted by Gasteiger charge is -2.26. The third-order valence-electron chi connectivity index (χ3n) is 5.26. The fraction of sp³-hybridized carbons (Fsp3) is 0.577. The highest BCUT2D eigenvalue weighted by atomic mass is 14.9. The summed E-state index contributed by atoms with van der Waals surface area (Å²) in [6.07, 6.45) is 3.44. The zero-order valence-electron chi connectivity index (χ0n) is 19.5. The molecule has 0 aliphatic rings. The van der Waals surface area contributed by atoms with Crippen LogP contribution in [0.15, 0.2) is 30.5 Å². The molecule has 1 heterocycles. The maximum absolute atomic E-state index is 2.44. The molecule has 0 unspecified atom stereocenters. The first-order valence-electron chi connectivity index (χ1n) is 10.2. The zero-order valence-corrected chi connectivity index (χ0v) is 19.5. The number of nitrogens with zero attached hydrogens (tertiary/aromatic N) is 1. The van der Waals surface area contributed by atoms with E-state index in [4.69, 9.17) is 0 Å². The van der Waals surface area contributed by atoms with Crippen LogP contribution in [-0.2, 0) is 24.3 Å². The Kier molecular flexibility index (Phi) is 5.68. The second-order valence-electron chi connectivity index (χ2n) is 11.5. The summed E-state index contributed by atoms with van der Waals surface area (Å²) in [5.41, 5.74) is 8.90. The number of benzene rings is 1. The van der Waals surface area contributed by atoms with Crippen molar-refractivity contribution in [2.45, 2.75) is 86.5 Å². The molecule has 148 valence electrons. The van der Waals surface area contributed by atoms with Crippen LogP contribution in [0.25, 0.3) is 11.3 Å². The van der Waals surface area contributed by atoms with Gasteiger partial charge in [-0.25, -0.2) is 4.57 Å². The molecule has 1 aromatic carbocycles. The number of pyridine rings is 1. The maximum Gasteiger partial charge on any atom is 0.212 e. The predicted octanol–water partition coefficient (Wildman–Crippen LogP) is 6.67. The molecule has 0 bridgehead atoms. The average molecular weight is 367 g/mol. The second kappa shape index (κ2) is 7.08. The van der Waals surface area contributed by atoms with Gasteiger partial charge in [-0.05, 0) is 52.3 Å². The van der Waals surface area contributed by atoms with Crippen LogP contribution in [0.3, 0.4) is 0 Å². The summed E-state index contributed by atoms with van der Waals surface area (Å²) in [4.78, 5) is 0. The van der Waals surface area contributed by atoms with Crippen molar-refractivity contribution in [3.05, 3.63) is 52.7 Å². The van der Waals surface area contributed by atoms with Gasteiger partial charge < -0.3 is 0 Å². The van der Waals surface area contributed by atoms with Crippen LogP contribution >= 0.6 is 0 Å². The molecule has 1 heteroatoms. The minimum absolute atomic E-state index is 0.141. The Bertz CT molecular complexity index is 821. The first-order valence-corrected chi connectivity index (χ1v) is 10.2. The molecule has 0 aliphatic heterocycles. The molecule has 0 amide bonds. The van der Waals surface area contributed by atoms with Crippen molar-refractivity contribution in [2.75, 3.05) is 0 Å². The van der Waals surface area contributed by atoms with Crippen molar-refractivity contribution < 1.29 is 4.57 Å². The van der Waals surface area contributed by atoms with E-state index in [1.165, 1.54) is 33.5 Å². The van der Waals surface area contributed by atoms with Gasteiger partial charge in [0.1, 0.15) is 7.05 Å². The fourth-order valence-corrected chi connectivity index (χ4v) is 3.77. The molecule has 0 aliphatic carbocycles. The van der Waals surface area contributed by atoms with E-state index in [1.54, 1.807) is 0 Å². The first-order chi connectivity index (χ1) is 12.1. The maximum atomic E-state index is 2.44. The smallest absolute Gasteiger partial charge is 0.201 e. The number of hydrogen-bond donors (Lipinski definition) is 0. The minimum Gasteiger partial charge on any atom is -0.201 e. The largest absolute Gasteiger partial charge is 0.212 e. The van der Waals surface area contributed by atoms with Crippen molar-refractivity contribution in [3.8, 4) is 11.3 Å². The van der Waals surface area contributed by atoms with Gasteiger partial charge in [-0.2, -0.15) is 0 Å². The van der Waals surface area contributed by atoms with Gasteiger partial charge in [0, 0.05) is 17.2 Å². The fourth-order valence-electron chi connectivity index (χ4n) is 3.77. The van der Waals surface area contributed by atoms with E-state index in [0.717, 1.165) is 6.42 Å². The molecule has 0 spiro atoms. The van der Waals surface area contributed by atoms with Gasteiger partial charge in [0.05, 0.1) is 0 Å². The van der Waals surface area contributed by atoms with Crippen LogP contribution in [0.4, 0.5) is 0 Å². The molecule has 1 nitrogen and oxygen atoms in total. The van der Waals surface area contributed by atoms with Gasteiger partial charge in [0.25, 0.3) is 0 Å². The molecular formula is C26H40N+. The van der Waals surface area contributed by atoms with Crippen molar-refractivity contribution >= 4 is 0 Å². The van der Waals surface area contributed by atoms with Crippen LogP contribution in [0, 0.1) is 12.3 Å². The molecule has 27 heavy (non-hydrogen) atoms. The van der Waals surface area contributed by atoms with Crippen LogP contribution in [-0.4, -0.2) is 0 Å². The van der Waals surface area contributed by atoms with Gasteiger partial charge in [-0.3, -0.25) is 0 Å². The third kappa shape index (κ3) is 5.21. The van der Waals surface area contributed by atoms with Gasteiger partial charge in [-0.1, -0.05) is 74.4 Å². The topological polar surface area (TPSA) is 3.88 Å². The highest BCUT2D eigenvalue weighted by Crippen LogP contribution is 2.33. The SMILES string of the molecule is Cc1cc(C(C)(C)C)ccc1-c1cc(CC(C)(C)C)c(C(C)(C)C)c[n+]1C. The average Bonchev–Trinajstić information content (AvgIpc) is 2.45. The minimum atomic E-state index is 0.141. The highest BCUT2D eigenvalue weighted by Gasteiger charge is 2.27. The summed E-state index contributed by atoms with van der Waals surface area (Å²) in [5.74, 6) is 0. The van der Waals surface area contributed by atoms with Crippen LogP contribution in [0.1, 0.15) is 84.6 Å². The van der Waals surface area contributed by atoms with E-state index in [2.05, 4.69) is 111 Å². The summed E-state index contributed by atoms with van der Waals surface area (Å²) in [6.45, 7) is 23.0. The van der Waals surface area contributed by atoms with E-state index in [-0.39, 0.29) is 16.2 Å². The van der Waals surface area contributed by atoms with Crippen molar-refractivity contribution in [2.24, 2.45) is 12.5 Å². The number of hydrogen-bond acceptors (Lipinski definition) is 0. The zero-order chi connectivity index (χ0) is 20.8. The molecule has 0 N–H and O–H groups in total. The van der Waals surface area contributed by atoms with Crippen LogP contribution < -0.4 is 4.57 Å². The standard InChI is InChI=1S/C26H40N/c1-18-14-20(25(5,6)7)12-13-21(18)23-15-19(16-24(2,3)4)22(17-27(23)11)26(8,9)10/h12-15,17H,16H2,1-11H3/q+1. The van der Waals surface area contributed by atoms with Crippen molar-refractivity contribution in [1.82, 2.24) is 0 Å². The van der Waals surface area contributed by atoms with E-state index >= 15 is 0 Å². The number of aromatic nitrogens is 1. The molecular weight excluding hydrogens is 326 g/mol. The van der Waals surface area contributed by atoms with Crippen LogP contribution in [0.5, 0.6) is 0 Å². The molecule has 0 saturated carbocycles. The number of rotatable bonds is 2. The lowest BCUT2D eigenvalue weighted by Crippen LogP contribution is -2.35. The quantitative estimate of drug-likeness (QED) is 0.523. The Labute approximate surface area is 167 Å². The van der Waals surface area contributed by atoms with Gasteiger partial charge in [0.2, 0.25) is 5.69 Å². The van der Waals surface area contributed by atoms with Gasteiger partial charge >= 0.3 is 0 Å². The van der Waals surface area contributed by atoms with Crippen molar-refractivity contribution in [3.63, 3.8) is 0 Å². The Balaban J connectivity index is 2.66. The van der Waals surface area contributed by atoms with Crippen LogP contribution in [0.2, 0.25) is 0 Å². The van der Waals surface area contributed by atoms with Crippen molar-refractivity contribution in [1.29, 1.82) is 0 Å². The van der Waals surface area contributed by atoms with E-state index in [0.29, 0.717) is 0 Å². The second-order valence-corrected chi connectivity index (χ2v) is 11.5. The van der Waals surface area contributed by atoms with E-state index < -0.39 is 0 Å². The molecule has 0 fully saturated rings. The Morgan fingerprint density at radius 1 is 0.815 bits per heavy atom. The summed E-state index contributed by atoms with van der Waals surface area (Å²) in [7, 11) is 2.18. The Hall–Kier alpha value is -1.63. The lowest BCUT2D eigenvalue weighted by atomic mass is 9.78. The monoisotopic (exact) mass is 366 g/mol. The van der Waals surface area contributed by atoms with Gasteiger partial charge in [-0.15, -0.1) is 0 Å². The highest BCUT2D eigenvalue weighted by molar-refractivity contribution is 5.63. The normalized spacial score (nSPS) is 13.1. The van der Waals surface area contributed by atoms with E-state index in [1.807, 2.05) is 0 Å². The molecule has 0 atom stereocenters. The lowest BCUT2D eigenvalue weighted by molar-refractivity contribution is -0.661. The van der Waals surface area contributed by atoms with E-state index in [9.17, 15) is 0 Å². The summed E-state index contributed by atoms with van der Waals surface area (Å²) in [5, 5.41) is 0. The summed E-state index contributed by atoms with van der Waals surface area (Å²) in [6, 6.07) is 9.40. The summed E-state index contributed by atoms with van der Waals surface area (Å²) >= 11 is 0. The molecule has 0 saturated heterocycles. The van der Waals surface area contributed by atoms with Gasteiger partial charge in [0.15, 0.2) is 6.20 Å². The predicted molar refractivity (Wildman–Crippen MR) is 118 cm³/mol. The molecule has 2 aromatic rings. The Morgan fingerprint density at radius 3 is 1.85 bits per heavy atom. The number of aryl methyl sites for hydroxylation is 2. The summed E-state index contributed by atoms with van der Waals surface area (Å²) < 4.78 is 2.31. The Morgan fingerprint density at radius 2 is 1.41 bits per heavy atom. The molecule has 0 radical (unpaired) electrons.